The molecular weight excluding hydrogens is 222 g/mol. The fourth-order valence-electron chi connectivity index (χ4n) is 2.70. The van der Waals surface area contributed by atoms with Crippen molar-refractivity contribution in [3.8, 4) is 0 Å². The predicted octanol–water partition coefficient (Wildman–Crippen LogP) is 3.30. The summed E-state index contributed by atoms with van der Waals surface area (Å²) in [5, 5.41) is 10.0. The summed E-state index contributed by atoms with van der Waals surface area (Å²) in [5.41, 5.74) is 0.275. The molecule has 1 nitrogen and oxygen atoms in total. The normalized spacial score (nSPS) is 26.1. The Labute approximate surface area is 100 Å². The highest BCUT2D eigenvalue weighted by molar-refractivity contribution is 5.19. The highest BCUT2D eigenvalue weighted by atomic mass is 19.2. The monoisotopic (exact) mass is 240 g/mol. The number of halogens is 2. The van der Waals surface area contributed by atoms with Crippen molar-refractivity contribution in [3.63, 3.8) is 0 Å². The van der Waals surface area contributed by atoms with Crippen LogP contribution in [0.15, 0.2) is 18.2 Å². The van der Waals surface area contributed by atoms with Crippen LogP contribution in [0.3, 0.4) is 0 Å². The maximum Gasteiger partial charge on any atom is 0.162 e. The summed E-state index contributed by atoms with van der Waals surface area (Å²) in [6.45, 7) is 2.16. The van der Waals surface area contributed by atoms with E-state index < -0.39 is 17.7 Å². The third-order valence-corrected chi connectivity index (χ3v) is 3.74. The van der Waals surface area contributed by atoms with Gasteiger partial charge in [0.2, 0.25) is 0 Å². The molecule has 0 aromatic heterocycles. The van der Waals surface area contributed by atoms with E-state index in [0.29, 0.717) is 5.92 Å². The molecule has 1 aliphatic carbocycles. The van der Waals surface area contributed by atoms with E-state index in [1.54, 1.807) is 6.07 Å². The lowest BCUT2D eigenvalue weighted by Crippen LogP contribution is -2.21. The molecule has 1 fully saturated rings. The van der Waals surface area contributed by atoms with Gasteiger partial charge in [-0.3, -0.25) is 0 Å². The van der Waals surface area contributed by atoms with E-state index in [0.717, 1.165) is 25.3 Å². The van der Waals surface area contributed by atoms with Crippen LogP contribution in [-0.4, -0.2) is 11.2 Å². The lowest BCUT2D eigenvalue weighted by molar-refractivity contribution is 0.108. The fourth-order valence-corrected chi connectivity index (χ4v) is 2.70. The van der Waals surface area contributed by atoms with Crippen LogP contribution in [0, 0.1) is 23.5 Å². The van der Waals surface area contributed by atoms with E-state index in [1.165, 1.54) is 6.07 Å². The molecule has 0 bridgehead atoms. The highest BCUT2D eigenvalue weighted by Crippen LogP contribution is 2.33. The van der Waals surface area contributed by atoms with Crippen LogP contribution < -0.4 is 0 Å². The molecule has 1 aromatic carbocycles. The molecule has 3 heteroatoms. The van der Waals surface area contributed by atoms with Gasteiger partial charge < -0.3 is 5.11 Å². The van der Waals surface area contributed by atoms with Gasteiger partial charge in [-0.25, -0.2) is 8.78 Å². The largest absolute Gasteiger partial charge is 0.392 e. The maximum atomic E-state index is 13.4. The van der Waals surface area contributed by atoms with Crippen LogP contribution in [0.2, 0.25) is 0 Å². The van der Waals surface area contributed by atoms with E-state index in [1.807, 2.05) is 0 Å². The van der Waals surface area contributed by atoms with Crippen molar-refractivity contribution in [1.82, 2.24) is 0 Å². The predicted molar refractivity (Wildman–Crippen MR) is 62.6 cm³/mol. The smallest absolute Gasteiger partial charge is 0.162 e. The molecule has 1 saturated carbocycles. The summed E-state index contributed by atoms with van der Waals surface area (Å²) in [4.78, 5) is 0. The molecule has 0 radical (unpaired) electrons. The van der Waals surface area contributed by atoms with Gasteiger partial charge in [-0.1, -0.05) is 25.5 Å². The van der Waals surface area contributed by atoms with Crippen molar-refractivity contribution in [2.75, 3.05) is 0 Å². The molecule has 3 unspecified atom stereocenters. The lowest BCUT2D eigenvalue weighted by atomic mass is 9.94. The molecule has 0 amide bonds. The van der Waals surface area contributed by atoms with E-state index in [-0.39, 0.29) is 17.9 Å². The minimum absolute atomic E-state index is 0.209. The van der Waals surface area contributed by atoms with Gasteiger partial charge in [0.1, 0.15) is 0 Å². The number of aliphatic hydroxyl groups is 1. The molecule has 1 aliphatic rings. The lowest BCUT2D eigenvalue weighted by Gasteiger charge is -2.18. The zero-order valence-electron chi connectivity index (χ0n) is 10.00. The first-order valence-corrected chi connectivity index (χ1v) is 6.19. The van der Waals surface area contributed by atoms with E-state index in [9.17, 15) is 13.9 Å². The van der Waals surface area contributed by atoms with Crippen LogP contribution in [0.1, 0.15) is 31.7 Å². The molecule has 0 heterocycles. The first-order chi connectivity index (χ1) is 8.08. The number of hydrogen-bond acceptors (Lipinski definition) is 1. The van der Waals surface area contributed by atoms with Crippen LogP contribution in [0.5, 0.6) is 0 Å². The maximum absolute atomic E-state index is 13.4. The zero-order valence-corrected chi connectivity index (χ0v) is 10.00. The average molecular weight is 240 g/mol. The van der Waals surface area contributed by atoms with Crippen LogP contribution >= 0.6 is 0 Å². The second kappa shape index (κ2) is 5.13. The summed E-state index contributed by atoms with van der Waals surface area (Å²) < 4.78 is 26.5. The molecule has 0 spiro atoms. The minimum atomic E-state index is -0.838. The fraction of sp³-hybridized carbons (Fsp3) is 0.571. The molecule has 3 atom stereocenters. The second-order valence-electron chi connectivity index (χ2n) is 5.16. The SMILES string of the molecule is CC1CCC(C(O)Cc2cccc(F)c2F)C1. The summed E-state index contributed by atoms with van der Waals surface area (Å²) in [6.07, 6.45) is 2.74. The topological polar surface area (TPSA) is 20.2 Å². The third kappa shape index (κ3) is 2.83. The molecule has 17 heavy (non-hydrogen) atoms. The van der Waals surface area contributed by atoms with Crippen molar-refractivity contribution in [3.05, 3.63) is 35.4 Å². The van der Waals surface area contributed by atoms with Gasteiger partial charge in [-0.2, -0.15) is 0 Å². The Bertz CT molecular complexity index is 392. The van der Waals surface area contributed by atoms with E-state index >= 15 is 0 Å². The van der Waals surface area contributed by atoms with Gasteiger partial charge in [0.15, 0.2) is 11.6 Å². The Kier molecular flexibility index (Phi) is 3.77. The van der Waals surface area contributed by atoms with Gasteiger partial charge in [0.05, 0.1) is 6.10 Å². The Morgan fingerprint density at radius 1 is 1.35 bits per heavy atom. The van der Waals surface area contributed by atoms with Gasteiger partial charge in [-0.05, 0) is 36.3 Å². The quantitative estimate of drug-likeness (QED) is 0.859. The average Bonchev–Trinajstić information content (AvgIpc) is 2.72. The summed E-state index contributed by atoms with van der Waals surface area (Å²) in [6, 6.07) is 4.13. The highest BCUT2D eigenvalue weighted by Gasteiger charge is 2.28. The Balaban J connectivity index is 2.03. The van der Waals surface area contributed by atoms with Gasteiger partial charge in [-0.15, -0.1) is 0 Å². The zero-order chi connectivity index (χ0) is 12.4. The first kappa shape index (κ1) is 12.5. The third-order valence-electron chi connectivity index (χ3n) is 3.74. The summed E-state index contributed by atoms with van der Waals surface area (Å²) in [7, 11) is 0. The van der Waals surface area contributed by atoms with Gasteiger partial charge in [0.25, 0.3) is 0 Å². The van der Waals surface area contributed by atoms with Crippen molar-refractivity contribution >= 4 is 0 Å². The number of hydrogen-bond donors (Lipinski definition) is 1. The minimum Gasteiger partial charge on any atom is -0.392 e. The molecule has 1 aromatic rings. The molecule has 1 N–H and O–H groups in total. The molecule has 94 valence electrons. The van der Waals surface area contributed by atoms with E-state index in [4.69, 9.17) is 0 Å². The standard InChI is InChI=1S/C14H18F2O/c1-9-5-6-10(7-9)13(17)8-11-3-2-4-12(15)14(11)16/h2-4,9-10,13,17H,5-8H2,1H3. The van der Waals surface area contributed by atoms with Crippen LogP contribution in [-0.2, 0) is 6.42 Å². The Morgan fingerprint density at radius 3 is 2.76 bits per heavy atom. The molecule has 0 saturated heterocycles. The van der Waals surface area contributed by atoms with Crippen LogP contribution in [0.4, 0.5) is 8.78 Å². The number of benzene rings is 1. The van der Waals surface area contributed by atoms with E-state index in [2.05, 4.69) is 6.92 Å². The second-order valence-corrected chi connectivity index (χ2v) is 5.16. The van der Waals surface area contributed by atoms with Crippen LogP contribution in [0.25, 0.3) is 0 Å². The molecular formula is C14H18F2O. The van der Waals surface area contributed by atoms with Crippen molar-refractivity contribution in [1.29, 1.82) is 0 Å². The molecule has 2 rings (SSSR count). The first-order valence-electron chi connectivity index (χ1n) is 6.19. The van der Waals surface area contributed by atoms with Crippen molar-refractivity contribution in [2.24, 2.45) is 11.8 Å². The molecule has 0 aliphatic heterocycles. The van der Waals surface area contributed by atoms with Crippen molar-refractivity contribution < 1.29 is 13.9 Å². The Morgan fingerprint density at radius 2 is 2.12 bits per heavy atom. The number of rotatable bonds is 3. The Hall–Kier alpha value is -0.960. The summed E-state index contributed by atoms with van der Waals surface area (Å²) in [5.74, 6) is -0.799. The van der Waals surface area contributed by atoms with Gasteiger partial charge in [0, 0.05) is 6.42 Å². The number of aliphatic hydroxyl groups excluding tert-OH is 1. The van der Waals surface area contributed by atoms with Gasteiger partial charge >= 0.3 is 0 Å². The summed E-state index contributed by atoms with van der Waals surface area (Å²) >= 11 is 0. The van der Waals surface area contributed by atoms with Crippen molar-refractivity contribution in [2.45, 2.75) is 38.7 Å².